The van der Waals surface area contributed by atoms with E-state index in [1.807, 2.05) is 24.1 Å². The highest BCUT2D eigenvalue weighted by Crippen LogP contribution is 2.28. The number of rotatable bonds is 6. The highest BCUT2D eigenvalue weighted by Gasteiger charge is 2.22. The summed E-state index contributed by atoms with van der Waals surface area (Å²) in [7, 11) is 2.02. The maximum atomic E-state index is 12.7. The van der Waals surface area contributed by atoms with Gasteiger partial charge in [0.2, 0.25) is 0 Å². The first-order valence-electron chi connectivity index (χ1n) is 11.8. The van der Waals surface area contributed by atoms with Crippen LogP contribution in [0.2, 0.25) is 0 Å². The third-order valence-corrected chi connectivity index (χ3v) is 6.84. The Labute approximate surface area is 188 Å². The van der Waals surface area contributed by atoms with Gasteiger partial charge in [-0.3, -0.25) is 14.4 Å². The number of likely N-dealkylation sites (tertiary alicyclic amines) is 1. The predicted molar refractivity (Wildman–Crippen MR) is 123 cm³/mol. The molecule has 2 saturated heterocycles. The van der Waals surface area contributed by atoms with Crippen LogP contribution in [0.25, 0.3) is 22.0 Å². The summed E-state index contributed by atoms with van der Waals surface area (Å²) < 4.78 is 7.37. The summed E-state index contributed by atoms with van der Waals surface area (Å²) >= 11 is 0. The molecule has 0 amide bonds. The monoisotopic (exact) mass is 433 g/mol. The standard InChI is InChI=1S/C25H31N5O2/c1-29-23(17-30-9-3-2-4-10-30)21(16-27-29)19-5-6-20-15-26-25(28-22(20)13-19)14-24(31)18-7-11-32-12-8-18/h5-6,13,15-16,18H,2-4,7-12,14,17H2,1H3. The minimum atomic E-state index is 0.0714. The fourth-order valence-corrected chi connectivity index (χ4v) is 4.85. The number of hydrogen-bond acceptors (Lipinski definition) is 6. The van der Waals surface area contributed by atoms with Crippen LogP contribution in [0, 0.1) is 5.92 Å². The van der Waals surface area contributed by atoms with Gasteiger partial charge in [0, 0.05) is 49.9 Å². The zero-order valence-corrected chi connectivity index (χ0v) is 18.8. The van der Waals surface area contributed by atoms with Gasteiger partial charge in [-0.2, -0.15) is 5.10 Å². The molecule has 2 fully saturated rings. The molecule has 2 aliphatic rings. The molecule has 4 heterocycles. The molecule has 1 aromatic carbocycles. The zero-order chi connectivity index (χ0) is 21.9. The van der Waals surface area contributed by atoms with Crippen molar-refractivity contribution in [3.05, 3.63) is 42.1 Å². The van der Waals surface area contributed by atoms with Gasteiger partial charge in [-0.1, -0.05) is 18.6 Å². The Morgan fingerprint density at radius 1 is 1.12 bits per heavy atom. The van der Waals surface area contributed by atoms with Crippen LogP contribution >= 0.6 is 0 Å². The van der Waals surface area contributed by atoms with Crippen LogP contribution < -0.4 is 0 Å². The highest BCUT2D eigenvalue weighted by atomic mass is 16.5. The molecule has 0 unspecified atom stereocenters. The van der Waals surface area contributed by atoms with E-state index >= 15 is 0 Å². The van der Waals surface area contributed by atoms with Gasteiger partial charge in [0.25, 0.3) is 0 Å². The summed E-state index contributed by atoms with van der Waals surface area (Å²) in [6.07, 6.45) is 9.56. The number of hydrogen-bond donors (Lipinski definition) is 0. The smallest absolute Gasteiger partial charge is 0.143 e. The zero-order valence-electron chi connectivity index (χ0n) is 18.8. The molecule has 32 heavy (non-hydrogen) atoms. The third-order valence-electron chi connectivity index (χ3n) is 6.84. The lowest BCUT2D eigenvalue weighted by Crippen LogP contribution is -2.30. The number of aromatic nitrogens is 4. The van der Waals surface area contributed by atoms with E-state index in [2.05, 4.69) is 33.2 Å². The van der Waals surface area contributed by atoms with E-state index in [-0.39, 0.29) is 18.1 Å². The summed E-state index contributed by atoms with van der Waals surface area (Å²) in [6.45, 7) is 4.56. The van der Waals surface area contributed by atoms with Crippen LogP contribution in [0.4, 0.5) is 0 Å². The number of carbonyl (C=O) groups is 1. The van der Waals surface area contributed by atoms with Crippen molar-refractivity contribution in [3.63, 3.8) is 0 Å². The van der Waals surface area contributed by atoms with E-state index in [0.717, 1.165) is 54.5 Å². The number of ether oxygens (including phenoxy) is 1. The first-order valence-corrected chi connectivity index (χ1v) is 11.8. The second-order valence-electron chi connectivity index (χ2n) is 9.05. The average molecular weight is 434 g/mol. The number of Topliss-reactive ketones (excluding diaryl/α,β-unsaturated/α-hetero) is 1. The molecule has 168 valence electrons. The maximum Gasteiger partial charge on any atom is 0.143 e. The number of nitrogens with zero attached hydrogens (tertiary/aromatic N) is 5. The largest absolute Gasteiger partial charge is 0.381 e. The Morgan fingerprint density at radius 3 is 2.75 bits per heavy atom. The van der Waals surface area contributed by atoms with Crippen LogP contribution in [0.3, 0.4) is 0 Å². The Bertz CT molecular complexity index is 1100. The van der Waals surface area contributed by atoms with Crippen LogP contribution in [0.1, 0.15) is 43.6 Å². The van der Waals surface area contributed by atoms with Crippen LogP contribution in [-0.4, -0.2) is 56.7 Å². The molecule has 0 N–H and O–H groups in total. The van der Waals surface area contributed by atoms with E-state index in [9.17, 15) is 4.79 Å². The van der Waals surface area contributed by atoms with Crippen molar-refractivity contribution in [1.29, 1.82) is 0 Å². The lowest BCUT2D eigenvalue weighted by Gasteiger charge is -2.26. The summed E-state index contributed by atoms with van der Waals surface area (Å²) in [5.41, 5.74) is 4.37. The van der Waals surface area contributed by atoms with Crippen molar-refractivity contribution in [3.8, 4) is 11.1 Å². The molecule has 0 saturated carbocycles. The molecular weight excluding hydrogens is 402 g/mol. The van der Waals surface area contributed by atoms with Crippen molar-refractivity contribution in [2.24, 2.45) is 13.0 Å². The van der Waals surface area contributed by atoms with Crippen molar-refractivity contribution in [1.82, 2.24) is 24.6 Å². The van der Waals surface area contributed by atoms with Gasteiger partial charge in [0.1, 0.15) is 11.6 Å². The molecule has 7 nitrogen and oxygen atoms in total. The summed E-state index contributed by atoms with van der Waals surface area (Å²) in [5.74, 6) is 0.896. The Morgan fingerprint density at radius 2 is 1.94 bits per heavy atom. The SMILES string of the molecule is Cn1ncc(-c2ccc3cnc(CC(=O)C4CCOCC4)nc3c2)c1CN1CCCCC1. The van der Waals surface area contributed by atoms with Crippen LogP contribution in [0.5, 0.6) is 0 Å². The normalized spacial score (nSPS) is 18.3. The quantitative estimate of drug-likeness (QED) is 0.592. The second-order valence-corrected chi connectivity index (χ2v) is 9.05. The van der Waals surface area contributed by atoms with Gasteiger partial charge in [0.15, 0.2) is 0 Å². The fraction of sp³-hybridized carbons (Fsp3) is 0.520. The number of fused-ring (bicyclic) bond motifs is 1. The number of carbonyl (C=O) groups excluding carboxylic acids is 1. The number of piperidine rings is 1. The molecule has 2 aliphatic heterocycles. The van der Waals surface area contributed by atoms with E-state index in [0.29, 0.717) is 19.0 Å². The molecule has 0 atom stereocenters. The minimum absolute atomic E-state index is 0.0714. The molecule has 7 heteroatoms. The van der Waals surface area contributed by atoms with Gasteiger partial charge in [0.05, 0.1) is 23.8 Å². The first-order chi connectivity index (χ1) is 15.7. The second kappa shape index (κ2) is 9.46. The number of aryl methyl sites for hydroxylation is 1. The predicted octanol–water partition coefficient (Wildman–Crippen LogP) is 3.55. The molecule has 0 spiro atoms. The number of benzene rings is 1. The van der Waals surface area contributed by atoms with Crippen molar-refractivity contribution in [2.75, 3.05) is 26.3 Å². The number of ketones is 1. The minimum Gasteiger partial charge on any atom is -0.381 e. The lowest BCUT2D eigenvalue weighted by molar-refractivity contribution is -0.125. The van der Waals surface area contributed by atoms with E-state index in [1.165, 1.54) is 25.0 Å². The average Bonchev–Trinajstić information content (AvgIpc) is 3.19. The van der Waals surface area contributed by atoms with E-state index in [1.54, 1.807) is 0 Å². The van der Waals surface area contributed by atoms with Gasteiger partial charge < -0.3 is 4.74 Å². The Balaban J connectivity index is 1.39. The van der Waals surface area contributed by atoms with Gasteiger partial charge in [-0.05, 0) is 50.4 Å². The van der Waals surface area contributed by atoms with E-state index in [4.69, 9.17) is 9.72 Å². The topological polar surface area (TPSA) is 73.1 Å². The van der Waals surface area contributed by atoms with Crippen molar-refractivity contribution >= 4 is 16.7 Å². The van der Waals surface area contributed by atoms with Crippen molar-refractivity contribution in [2.45, 2.75) is 45.1 Å². The van der Waals surface area contributed by atoms with E-state index < -0.39 is 0 Å². The van der Waals surface area contributed by atoms with Crippen molar-refractivity contribution < 1.29 is 9.53 Å². The van der Waals surface area contributed by atoms with Gasteiger partial charge in [-0.25, -0.2) is 9.97 Å². The van der Waals surface area contributed by atoms with Crippen LogP contribution in [-0.2, 0) is 29.5 Å². The van der Waals surface area contributed by atoms with Crippen LogP contribution in [0.15, 0.2) is 30.6 Å². The summed E-state index contributed by atoms with van der Waals surface area (Å²) in [5, 5.41) is 5.53. The molecule has 0 aliphatic carbocycles. The first kappa shape index (κ1) is 21.2. The summed E-state index contributed by atoms with van der Waals surface area (Å²) in [4.78, 5) is 24.4. The maximum absolute atomic E-state index is 12.7. The molecule has 5 rings (SSSR count). The lowest BCUT2D eigenvalue weighted by atomic mass is 9.93. The van der Waals surface area contributed by atoms with Gasteiger partial charge >= 0.3 is 0 Å². The fourth-order valence-electron chi connectivity index (χ4n) is 4.85. The molecule has 0 radical (unpaired) electrons. The molecule has 0 bridgehead atoms. The Hall–Kier alpha value is -2.64. The molecule has 3 aromatic rings. The third kappa shape index (κ3) is 4.59. The molecular formula is C25H31N5O2. The Kier molecular flexibility index (Phi) is 6.28. The molecule has 2 aromatic heterocycles. The summed E-state index contributed by atoms with van der Waals surface area (Å²) in [6, 6.07) is 6.29. The van der Waals surface area contributed by atoms with Gasteiger partial charge in [-0.15, -0.1) is 0 Å². The highest BCUT2D eigenvalue weighted by molar-refractivity contribution is 5.86.